The van der Waals surface area contributed by atoms with Crippen LogP contribution in [0.1, 0.15) is 39.5 Å². The number of rotatable bonds is 9. The number of esters is 1. The van der Waals surface area contributed by atoms with Gasteiger partial charge in [-0.3, -0.25) is 14.4 Å². The van der Waals surface area contributed by atoms with Crippen molar-refractivity contribution in [1.29, 1.82) is 0 Å². The van der Waals surface area contributed by atoms with E-state index in [-0.39, 0.29) is 18.1 Å². The van der Waals surface area contributed by atoms with Crippen LogP contribution in [0.2, 0.25) is 5.02 Å². The predicted octanol–water partition coefficient (Wildman–Crippen LogP) is 2.56. The molecule has 2 aromatic rings. The van der Waals surface area contributed by atoms with E-state index in [0.717, 1.165) is 4.88 Å². The minimum Gasteiger partial charge on any atom is -0.457 e. The second-order valence-electron chi connectivity index (χ2n) is 6.05. The first-order valence-electron chi connectivity index (χ1n) is 8.58. The quantitative estimate of drug-likeness (QED) is 0.410. The molecule has 29 heavy (non-hydrogen) atoms. The molecule has 10 heteroatoms. The number of hydrogen-bond acceptors (Lipinski definition) is 6. The van der Waals surface area contributed by atoms with Gasteiger partial charge >= 0.3 is 12.0 Å². The Morgan fingerprint density at radius 3 is 2.55 bits per heavy atom. The molecule has 8 nitrogen and oxygen atoms in total. The number of thiophene rings is 1. The molecule has 1 heterocycles. The van der Waals surface area contributed by atoms with Gasteiger partial charge in [0, 0.05) is 16.8 Å². The molecule has 0 saturated carbocycles. The van der Waals surface area contributed by atoms with Gasteiger partial charge in [0.1, 0.15) is 0 Å². The van der Waals surface area contributed by atoms with Crippen LogP contribution < -0.4 is 16.4 Å². The first-order valence-corrected chi connectivity index (χ1v) is 9.78. The first kappa shape index (κ1) is 22.4. The molecule has 0 aliphatic rings. The smallest absolute Gasteiger partial charge is 0.312 e. The van der Waals surface area contributed by atoms with Gasteiger partial charge in [-0.05, 0) is 23.8 Å². The molecule has 1 aromatic heterocycles. The average molecular weight is 438 g/mol. The van der Waals surface area contributed by atoms with Gasteiger partial charge in [0.2, 0.25) is 11.7 Å². The molecule has 0 bridgehead atoms. The largest absolute Gasteiger partial charge is 0.457 e. The number of nitrogens with two attached hydrogens (primary N) is 1. The summed E-state index contributed by atoms with van der Waals surface area (Å²) in [5.74, 6) is -1.22. The van der Waals surface area contributed by atoms with Crippen molar-refractivity contribution in [3.05, 3.63) is 56.7 Å². The monoisotopic (exact) mass is 437 g/mol. The van der Waals surface area contributed by atoms with E-state index in [1.165, 1.54) is 18.3 Å². The molecular weight excluding hydrogens is 418 g/mol. The predicted molar refractivity (Wildman–Crippen MR) is 109 cm³/mol. The molecule has 2 rings (SSSR count). The van der Waals surface area contributed by atoms with Gasteiger partial charge < -0.3 is 21.1 Å². The highest BCUT2D eigenvalue weighted by atomic mass is 35.5. The maximum Gasteiger partial charge on any atom is 0.312 e. The molecule has 0 fully saturated rings. The average Bonchev–Trinajstić information content (AvgIpc) is 3.13. The number of Topliss-reactive ketones (excluding diaryl/α,β-unsaturated/α-hetero) is 1. The molecule has 1 atom stereocenters. The van der Waals surface area contributed by atoms with Gasteiger partial charge in [-0.25, -0.2) is 4.79 Å². The molecule has 0 radical (unpaired) electrons. The second kappa shape index (κ2) is 10.6. The lowest BCUT2D eigenvalue weighted by Crippen LogP contribution is -2.35. The Kier molecular flexibility index (Phi) is 8.17. The third kappa shape index (κ3) is 7.20. The number of ether oxygens (including phenoxy) is 1. The third-order valence-corrected chi connectivity index (χ3v) is 5.25. The SMILES string of the molecule is CC(=O)NCc1ccc(C(=O)COC(=O)C[C@@H](NC(N)=O)c2ccccc2Cl)s1. The van der Waals surface area contributed by atoms with Crippen LogP contribution in [-0.4, -0.2) is 30.3 Å². The molecule has 1 aromatic carbocycles. The molecule has 3 amide bonds. The minimum absolute atomic E-state index is 0.169. The highest BCUT2D eigenvalue weighted by Crippen LogP contribution is 2.25. The van der Waals surface area contributed by atoms with Gasteiger partial charge in [-0.1, -0.05) is 29.8 Å². The zero-order chi connectivity index (χ0) is 21.4. The summed E-state index contributed by atoms with van der Waals surface area (Å²) in [5.41, 5.74) is 5.69. The van der Waals surface area contributed by atoms with Gasteiger partial charge in [0.25, 0.3) is 0 Å². The molecule has 154 valence electrons. The standard InChI is InChI=1S/C19H20ClN3O5S/c1-11(24)22-9-12-6-7-17(29-12)16(25)10-28-18(26)8-15(23-19(21)27)13-4-2-3-5-14(13)20/h2-7,15H,8-10H2,1H3,(H,22,24)(H3,21,23,27)/t15-/m1/s1. The summed E-state index contributed by atoms with van der Waals surface area (Å²) in [5, 5.41) is 5.45. The van der Waals surface area contributed by atoms with Gasteiger partial charge in [0.15, 0.2) is 6.61 Å². The van der Waals surface area contributed by atoms with E-state index in [1.54, 1.807) is 36.4 Å². The number of carbonyl (C=O) groups is 4. The number of carbonyl (C=O) groups excluding carboxylic acids is 4. The van der Waals surface area contributed by atoms with Crippen LogP contribution in [0.4, 0.5) is 4.79 Å². The highest BCUT2D eigenvalue weighted by Gasteiger charge is 2.21. The Bertz CT molecular complexity index is 915. The second-order valence-corrected chi connectivity index (χ2v) is 7.62. The number of primary amides is 1. The third-order valence-electron chi connectivity index (χ3n) is 3.78. The van der Waals surface area contributed by atoms with Gasteiger partial charge in [0.05, 0.1) is 23.9 Å². The normalized spacial score (nSPS) is 11.4. The van der Waals surface area contributed by atoms with Crippen molar-refractivity contribution >= 4 is 46.6 Å². The van der Waals surface area contributed by atoms with Crippen molar-refractivity contribution in [3.63, 3.8) is 0 Å². The summed E-state index contributed by atoms with van der Waals surface area (Å²) < 4.78 is 5.05. The van der Waals surface area contributed by atoms with Crippen LogP contribution in [0.3, 0.4) is 0 Å². The number of ketones is 1. The topological polar surface area (TPSA) is 128 Å². The van der Waals surface area contributed by atoms with Crippen molar-refractivity contribution in [3.8, 4) is 0 Å². The van der Waals surface area contributed by atoms with E-state index in [9.17, 15) is 19.2 Å². The van der Waals surface area contributed by atoms with Crippen LogP contribution in [-0.2, 0) is 20.9 Å². The lowest BCUT2D eigenvalue weighted by Gasteiger charge is -2.18. The maximum absolute atomic E-state index is 12.2. The fourth-order valence-electron chi connectivity index (χ4n) is 2.45. The Morgan fingerprint density at radius 2 is 1.90 bits per heavy atom. The fourth-order valence-corrected chi connectivity index (χ4v) is 3.58. The number of halogens is 1. The van der Waals surface area contributed by atoms with E-state index in [2.05, 4.69) is 10.6 Å². The van der Waals surface area contributed by atoms with Crippen LogP contribution in [0.5, 0.6) is 0 Å². The van der Waals surface area contributed by atoms with Crippen LogP contribution >= 0.6 is 22.9 Å². The lowest BCUT2D eigenvalue weighted by molar-refractivity contribution is -0.143. The molecular formula is C19H20ClN3O5S. The highest BCUT2D eigenvalue weighted by molar-refractivity contribution is 7.14. The van der Waals surface area contributed by atoms with Gasteiger partial charge in [-0.2, -0.15) is 0 Å². The molecule has 0 unspecified atom stereocenters. The minimum atomic E-state index is -0.816. The number of amides is 3. The van der Waals surface area contributed by atoms with Crippen molar-refractivity contribution in [2.45, 2.75) is 25.9 Å². The number of benzene rings is 1. The summed E-state index contributed by atoms with van der Waals surface area (Å²) in [4.78, 5) is 47.8. The van der Waals surface area contributed by atoms with Crippen LogP contribution in [0.15, 0.2) is 36.4 Å². The van der Waals surface area contributed by atoms with E-state index in [4.69, 9.17) is 22.1 Å². The lowest BCUT2D eigenvalue weighted by atomic mass is 10.0. The van der Waals surface area contributed by atoms with Crippen molar-refractivity contribution < 1.29 is 23.9 Å². The Morgan fingerprint density at radius 1 is 1.17 bits per heavy atom. The molecule has 0 saturated heterocycles. The maximum atomic E-state index is 12.2. The van der Waals surface area contributed by atoms with Crippen LogP contribution in [0.25, 0.3) is 0 Å². The van der Waals surface area contributed by atoms with Crippen molar-refractivity contribution in [2.75, 3.05) is 6.61 Å². The fraction of sp³-hybridized carbons (Fsp3) is 0.263. The Labute approximate surface area is 176 Å². The zero-order valence-corrected chi connectivity index (χ0v) is 17.1. The van der Waals surface area contributed by atoms with E-state index < -0.39 is 24.6 Å². The number of nitrogens with one attached hydrogen (secondary N) is 2. The number of urea groups is 1. The van der Waals surface area contributed by atoms with E-state index >= 15 is 0 Å². The summed E-state index contributed by atoms with van der Waals surface area (Å²) in [6, 6.07) is 8.44. The van der Waals surface area contributed by atoms with Gasteiger partial charge in [-0.15, -0.1) is 11.3 Å². The molecule has 0 spiro atoms. The molecule has 0 aliphatic carbocycles. The van der Waals surface area contributed by atoms with E-state index in [0.29, 0.717) is 22.0 Å². The van der Waals surface area contributed by atoms with Crippen molar-refractivity contribution in [1.82, 2.24) is 10.6 Å². The Hall–Kier alpha value is -2.91. The summed E-state index contributed by atoms with van der Waals surface area (Å²) in [7, 11) is 0. The molecule has 4 N–H and O–H groups in total. The zero-order valence-electron chi connectivity index (χ0n) is 15.6. The first-order chi connectivity index (χ1) is 13.8. The van der Waals surface area contributed by atoms with Crippen molar-refractivity contribution in [2.24, 2.45) is 5.73 Å². The summed E-state index contributed by atoms with van der Waals surface area (Å²) in [6.07, 6.45) is -0.238. The summed E-state index contributed by atoms with van der Waals surface area (Å²) in [6.45, 7) is 1.29. The molecule has 0 aliphatic heterocycles. The summed E-state index contributed by atoms with van der Waals surface area (Å²) >= 11 is 7.33. The Balaban J connectivity index is 1.93. The van der Waals surface area contributed by atoms with E-state index in [1.807, 2.05) is 0 Å². The van der Waals surface area contributed by atoms with Crippen LogP contribution in [0, 0.1) is 0 Å². The number of hydrogen-bond donors (Lipinski definition) is 3.